The fourth-order valence-electron chi connectivity index (χ4n) is 3.98. The second-order valence-electron chi connectivity index (χ2n) is 7.84. The van der Waals surface area contributed by atoms with Gasteiger partial charge < -0.3 is 9.64 Å². The van der Waals surface area contributed by atoms with Crippen molar-refractivity contribution < 1.29 is 13.2 Å². The summed E-state index contributed by atoms with van der Waals surface area (Å²) < 4.78 is 32.5. The highest BCUT2D eigenvalue weighted by Gasteiger charge is 2.32. The minimum atomic E-state index is -3.09. The Morgan fingerprint density at radius 1 is 1.08 bits per heavy atom. The Morgan fingerprint density at radius 2 is 1.69 bits per heavy atom. The number of aromatic nitrogens is 1. The zero-order chi connectivity index (χ0) is 18.6. The maximum atomic E-state index is 12.4. The van der Waals surface area contributed by atoms with Gasteiger partial charge in [0, 0.05) is 44.6 Å². The van der Waals surface area contributed by atoms with Crippen LogP contribution in [0.3, 0.4) is 0 Å². The smallest absolute Gasteiger partial charge is 0.214 e. The molecule has 146 valence electrons. The predicted molar refractivity (Wildman–Crippen MR) is 103 cm³/mol. The van der Waals surface area contributed by atoms with Gasteiger partial charge in [0.2, 0.25) is 10.0 Å². The number of piperidine rings is 2. The summed E-state index contributed by atoms with van der Waals surface area (Å²) in [6, 6.07) is 4.31. The fourth-order valence-corrected chi connectivity index (χ4v) is 5.80. The summed E-state index contributed by atoms with van der Waals surface area (Å²) in [6.07, 6.45) is 7.69. The largest absolute Gasteiger partial charge is 0.490 e. The van der Waals surface area contributed by atoms with Gasteiger partial charge in [-0.1, -0.05) is 13.8 Å². The van der Waals surface area contributed by atoms with E-state index in [2.05, 4.69) is 9.88 Å². The summed E-state index contributed by atoms with van der Waals surface area (Å²) in [5, 5.41) is 0. The van der Waals surface area contributed by atoms with E-state index in [-0.39, 0.29) is 17.8 Å². The van der Waals surface area contributed by atoms with Crippen LogP contribution in [0.1, 0.15) is 39.5 Å². The average Bonchev–Trinajstić information content (AvgIpc) is 2.62. The molecule has 2 fully saturated rings. The fraction of sp³-hybridized carbons (Fsp3) is 0.737. The molecular formula is C19H31N3O3S. The van der Waals surface area contributed by atoms with Crippen molar-refractivity contribution in [3.63, 3.8) is 0 Å². The lowest BCUT2D eigenvalue weighted by molar-refractivity contribution is 0.0585. The van der Waals surface area contributed by atoms with Gasteiger partial charge in [0.05, 0.1) is 5.75 Å². The Morgan fingerprint density at radius 3 is 2.27 bits per heavy atom. The standard InChI is InChI=1S/C19H31N3O3S/c1-16(2)15-26(23,24)22-13-5-17(6-14-22)21-11-7-19(8-12-21)25-18-3-9-20-10-4-18/h3-4,9-10,16-17,19H,5-8,11-15H2,1-2H3. The molecule has 0 N–H and O–H groups in total. The van der Waals surface area contributed by atoms with Crippen molar-refractivity contribution in [1.29, 1.82) is 0 Å². The molecule has 0 saturated carbocycles. The van der Waals surface area contributed by atoms with Crippen LogP contribution in [0.2, 0.25) is 0 Å². The average molecular weight is 382 g/mol. The molecule has 0 radical (unpaired) electrons. The van der Waals surface area contributed by atoms with Gasteiger partial charge in [0.25, 0.3) is 0 Å². The molecule has 0 spiro atoms. The van der Waals surface area contributed by atoms with E-state index in [9.17, 15) is 8.42 Å². The molecule has 0 aromatic carbocycles. The quantitative estimate of drug-likeness (QED) is 0.757. The Labute approximate surface area is 157 Å². The van der Waals surface area contributed by atoms with Crippen LogP contribution in [0.4, 0.5) is 0 Å². The van der Waals surface area contributed by atoms with E-state index in [0.717, 1.165) is 44.5 Å². The van der Waals surface area contributed by atoms with Crippen molar-refractivity contribution in [2.24, 2.45) is 5.92 Å². The van der Waals surface area contributed by atoms with Crippen LogP contribution in [0.25, 0.3) is 0 Å². The molecule has 2 saturated heterocycles. The lowest BCUT2D eigenvalue weighted by atomic mass is 10.00. The Hall–Kier alpha value is -1.18. The second-order valence-corrected chi connectivity index (χ2v) is 9.85. The van der Waals surface area contributed by atoms with Crippen molar-refractivity contribution >= 4 is 10.0 Å². The van der Waals surface area contributed by atoms with Crippen molar-refractivity contribution in [1.82, 2.24) is 14.2 Å². The van der Waals surface area contributed by atoms with Gasteiger partial charge in [-0.25, -0.2) is 12.7 Å². The number of hydrogen-bond acceptors (Lipinski definition) is 5. The first-order valence-electron chi connectivity index (χ1n) is 9.72. The summed E-state index contributed by atoms with van der Waals surface area (Å²) in [4.78, 5) is 6.54. The van der Waals surface area contributed by atoms with E-state index >= 15 is 0 Å². The molecule has 3 heterocycles. The molecule has 26 heavy (non-hydrogen) atoms. The molecular weight excluding hydrogens is 350 g/mol. The molecule has 1 aromatic rings. The van der Waals surface area contributed by atoms with Crippen molar-refractivity contribution in [2.75, 3.05) is 31.9 Å². The lowest BCUT2D eigenvalue weighted by Gasteiger charge is -2.41. The van der Waals surface area contributed by atoms with Crippen molar-refractivity contribution in [3.05, 3.63) is 24.5 Å². The zero-order valence-corrected chi connectivity index (χ0v) is 16.7. The first kappa shape index (κ1) is 19.6. The highest BCUT2D eigenvalue weighted by atomic mass is 32.2. The molecule has 7 heteroatoms. The first-order valence-corrected chi connectivity index (χ1v) is 11.3. The number of hydrogen-bond donors (Lipinski definition) is 0. The molecule has 0 bridgehead atoms. The number of ether oxygens (including phenoxy) is 1. The van der Waals surface area contributed by atoms with Gasteiger partial charge in [-0.3, -0.25) is 4.98 Å². The van der Waals surface area contributed by atoms with Gasteiger partial charge in [-0.05, 0) is 43.7 Å². The second kappa shape index (κ2) is 8.67. The van der Waals surface area contributed by atoms with Gasteiger partial charge in [0.1, 0.15) is 11.9 Å². The van der Waals surface area contributed by atoms with Gasteiger partial charge in [0.15, 0.2) is 0 Å². The third kappa shape index (κ3) is 5.18. The van der Waals surface area contributed by atoms with E-state index in [4.69, 9.17) is 4.74 Å². The van der Waals surface area contributed by atoms with Crippen LogP contribution in [0, 0.1) is 5.92 Å². The minimum absolute atomic E-state index is 0.178. The Balaban J connectivity index is 1.44. The van der Waals surface area contributed by atoms with Crippen LogP contribution >= 0.6 is 0 Å². The number of sulfonamides is 1. The molecule has 1 aromatic heterocycles. The third-order valence-corrected chi connectivity index (χ3v) is 7.55. The van der Waals surface area contributed by atoms with Crippen LogP contribution in [-0.2, 0) is 10.0 Å². The summed E-state index contributed by atoms with van der Waals surface area (Å²) in [6.45, 7) is 7.30. The molecule has 0 unspecified atom stereocenters. The highest BCUT2D eigenvalue weighted by molar-refractivity contribution is 7.89. The molecule has 6 nitrogen and oxygen atoms in total. The van der Waals surface area contributed by atoms with E-state index in [1.54, 1.807) is 16.7 Å². The molecule has 2 aliphatic rings. The van der Waals surface area contributed by atoms with Gasteiger partial charge in [-0.2, -0.15) is 0 Å². The summed E-state index contributed by atoms with van der Waals surface area (Å²) in [5.74, 6) is 1.33. The predicted octanol–water partition coefficient (Wildman–Crippen LogP) is 2.38. The third-order valence-electron chi connectivity index (χ3n) is 5.31. The van der Waals surface area contributed by atoms with Crippen LogP contribution in [0.15, 0.2) is 24.5 Å². The van der Waals surface area contributed by atoms with Crippen molar-refractivity contribution in [3.8, 4) is 5.75 Å². The normalized spacial score (nSPS) is 22.0. The molecule has 0 amide bonds. The van der Waals surface area contributed by atoms with E-state index in [1.807, 2.05) is 26.0 Å². The SMILES string of the molecule is CC(C)CS(=O)(=O)N1CCC(N2CCC(Oc3ccncc3)CC2)CC1. The van der Waals surface area contributed by atoms with Gasteiger partial charge >= 0.3 is 0 Å². The van der Waals surface area contributed by atoms with E-state index in [0.29, 0.717) is 19.1 Å². The zero-order valence-electron chi connectivity index (χ0n) is 15.9. The Kier molecular flexibility index (Phi) is 6.53. The molecule has 3 rings (SSSR count). The monoisotopic (exact) mass is 381 g/mol. The van der Waals surface area contributed by atoms with E-state index in [1.165, 1.54) is 0 Å². The van der Waals surface area contributed by atoms with E-state index < -0.39 is 10.0 Å². The van der Waals surface area contributed by atoms with Crippen LogP contribution in [-0.4, -0.2) is 66.7 Å². The summed E-state index contributed by atoms with van der Waals surface area (Å²) in [7, 11) is -3.09. The topological polar surface area (TPSA) is 62.7 Å². The molecule has 2 aliphatic heterocycles. The Bertz CT molecular complexity index is 650. The van der Waals surface area contributed by atoms with Crippen LogP contribution in [0.5, 0.6) is 5.75 Å². The maximum absolute atomic E-state index is 12.4. The lowest BCUT2D eigenvalue weighted by Crippen LogP contribution is -2.50. The van der Waals surface area contributed by atoms with Crippen LogP contribution < -0.4 is 4.74 Å². The number of pyridine rings is 1. The number of nitrogens with zero attached hydrogens (tertiary/aromatic N) is 3. The minimum Gasteiger partial charge on any atom is -0.490 e. The number of likely N-dealkylation sites (tertiary alicyclic amines) is 1. The molecule has 0 aliphatic carbocycles. The van der Waals surface area contributed by atoms with Crippen molar-refractivity contribution in [2.45, 2.75) is 51.7 Å². The summed E-state index contributed by atoms with van der Waals surface area (Å²) in [5.41, 5.74) is 0. The summed E-state index contributed by atoms with van der Waals surface area (Å²) >= 11 is 0. The highest BCUT2D eigenvalue weighted by Crippen LogP contribution is 2.25. The van der Waals surface area contributed by atoms with Gasteiger partial charge in [-0.15, -0.1) is 0 Å². The first-order chi connectivity index (χ1) is 12.4. The number of rotatable bonds is 6. The molecule has 0 atom stereocenters. The maximum Gasteiger partial charge on any atom is 0.214 e.